The Labute approximate surface area is 109 Å². The van der Waals surface area contributed by atoms with Crippen molar-refractivity contribution in [3.8, 4) is 0 Å². The van der Waals surface area contributed by atoms with Crippen molar-refractivity contribution in [2.24, 2.45) is 11.7 Å². The standard InChI is InChI=1S/C12H21NO3.ClH/c13-9-10(6-7-14)8-12(15)16-11-4-2-1-3-5-11;/h7,10-11H,1-6,8-9,13H2;1H. The molecule has 0 aromatic rings. The van der Waals surface area contributed by atoms with Crippen LogP contribution in [-0.4, -0.2) is 24.9 Å². The van der Waals surface area contributed by atoms with E-state index in [0.29, 0.717) is 13.0 Å². The molecule has 1 unspecified atom stereocenters. The van der Waals surface area contributed by atoms with E-state index in [1.54, 1.807) is 0 Å². The van der Waals surface area contributed by atoms with Gasteiger partial charge in [0, 0.05) is 12.8 Å². The number of halogens is 1. The maximum atomic E-state index is 11.6. The van der Waals surface area contributed by atoms with Gasteiger partial charge in [0.15, 0.2) is 0 Å². The number of hydrogen-bond donors (Lipinski definition) is 1. The first kappa shape index (κ1) is 16.4. The van der Waals surface area contributed by atoms with Gasteiger partial charge in [-0.3, -0.25) is 4.79 Å². The van der Waals surface area contributed by atoms with Gasteiger partial charge in [-0.2, -0.15) is 0 Å². The van der Waals surface area contributed by atoms with Gasteiger partial charge in [-0.1, -0.05) is 6.42 Å². The Morgan fingerprint density at radius 1 is 1.35 bits per heavy atom. The summed E-state index contributed by atoms with van der Waals surface area (Å²) in [6.07, 6.45) is 7.01. The molecule has 0 saturated heterocycles. The fraction of sp³-hybridized carbons (Fsp3) is 0.833. The van der Waals surface area contributed by atoms with Gasteiger partial charge in [0.25, 0.3) is 0 Å². The second kappa shape index (κ2) is 9.42. The molecule has 5 heteroatoms. The number of aldehydes is 1. The summed E-state index contributed by atoms with van der Waals surface area (Å²) in [4.78, 5) is 21.9. The zero-order chi connectivity index (χ0) is 11.8. The first-order valence-electron chi connectivity index (χ1n) is 6.09. The van der Waals surface area contributed by atoms with Crippen molar-refractivity contribution in [3.63, 3.8) is 0 Å². The molecule has 1 aliphatic carbocycles. The number of ether oxygens (including phenoxy) is 1. The molecule has 0 aromatic carbocycles. The highest BCUT2D eigenvalue weighted by molar-refractivity contribution is 5.85. The Kier molecular flexibility index (Phi) is 9.09. The van der Waals surface area contributed by atoms with Crippen LogP contribution < -0.4 is 5.73 Å². The number of nitrogens with two attached hydrogens (primary N) is 1. The zero-order valence-electron chi connectivity index (χ0n) is 10.1. The first-order chi connectivity index (χ1) is 7.76. The quantitative estimate of drug-likeness (QED) is 0.586. The fourth-order valence-electron chi connectivity index (χ4n) is 2.05. The highest BCUT2D eigenvalue weighted by Crippen LogP contribution is 2.21. The highest BCUT2D eigenvalue weighted by atomic mass is 35.5. The topological polar surface area (TPSA) is 69.4 Å². The van der Waals surface area contributed by atoms with Gasteiger partial charge < -0.3 is 15.3 Å². The fourth-order valence-corrected chi connectivity index (χ4v) is 2.05. The van der Waals surface area contributed by atoms with Gasteiger partial charge in [-0.25, -0.2) is 0 Å². The molecule has 4 nitrogen and oxygen atoms in total. The summed E-state index contributed by atoms with van der Waals surface area (Å²) in [6, 6.07) is 0. The van der Waals surface area contributed by atoms with Crippen LogP contribution in [0.15, 0.2) is 0 Å². The third-order valence-corrected chi connectivity index (χ3v) is 3.07. The lowest BCUT2D eigenvalue weighted by Gasteiger charge is -2.22. The minimum atomic E-state index is -0.204. The molecular formula is C12H22ClNO3. The molecule has 1 aliphatic rings. The Morgan fingerprint density at radius 2 is 2.00 bits per heavy atom. The molecule has 0 aliphatic heterocycles. The summed E-state index contributed by atoms with van der Waals surface area (Å²) in [5.74, 6) is -0.266. The van der Waals surface area contributed by atoms with Crippen LogP contribution in [0.5, 0.6) is 0 Å². The molecule has 0 amide bonds. The Hall–Kier alpha value is -0.610. The molecule has 17 heavy (non-hydrogen) atoms. The molecule has 1 rings (SSSR count). The molecule has 1 fully saturated rings. The summed E-state index contributed by atoms with van der Waals surface area (Å²) < 4.78 is 5.36. The smallest absolute Gasteiger partial charge is 0.306 e. The van der Waals surface area contributed by atoms with Crippen molar-refractivity contribution >= 4 is 24.7 Å². The van der Waals surface area contributed by atoms with Crippen molar-refractivity contribution in [3.05, 3.63) is 0 Å². The molecule has 0 heterocycles. The van der Waals surface area contributed by atoms with E-state index in [2.05, 4.69) is 0 Å². The largest absolute Gasteiger partial charge is 0.462 e. The third-order valence-electron chi connectivity index (χ3n) is 3.07. The number of carbonyl (C=O) groups excluding carboxylic acids is 2. The van der Waals surface area contributed by atoms with E-state index in [1.807, 2.05) is 0 Å². The Bertz CT molecular complexity index is 230. The van der Waals surface area contributed by atoms with Crippen LogP contribution in [-0.2, 0) is 14.3 Å². The summed E-state index contributed by atoms with van der Waals surface area (Å²) in [7, 11) is 0. The molecule has 0 aromatic heterocycles. The van der Waals surface area contributed by atoms with Crippen molar-refractivity contribution in [2.75, 3.05) is 6.54 Å². The van der Waals surface area contributed by atoms with E-state index in [-0.39, 0.29) is 36.8 Å². The van der Waals surface area contributed by atoms with Gasteiger partial charge in [0.2, 0.25) is 0 Å². The van der Waals surface area contributed by atoms with Crippen LogP contribution in [0.1, 0.15) is 44.9 Å². The molecular weight excluding hydrogens is 242 g/mol. The van der Waals surface area contributed by atoms with E-state index >= 15 is 0 Å². The van der Waals surface area contributed by atoms with Crippen LogP contribution >= 0.6 is 12.4 Å². The molecule has 2 N–H and O–H groups in total. The maximum Gasteiger partial charge on any atom is 0.306 e. The van der Waals surface area contributed by atoms with Crippen molar-refractivity contribution in [1.82, 2.24) is 0 Å². The van der Waals surface area contributed by atoms with Gasteiger partial charge in [0.05, 0.1) is 0 Å². The second-order valence-electron chi connectivity index (χ2n) is 4.46. The maximum absolute atomic E-state index is 11.6. The Morgan fingerprint density at radius 3 is 2.53 bits per heavy atom. The lowest BCUT2D eigenvalue weighted by Crippen LogP contribution is -2.25. The summed E-state index contributed by atoms with van der Waals surface area (Å²) in [5, 5.41) is 0. The van der Waals surface area contributed by atoms with Crippen LogP contribution in [0.4, 0.5) is 0 Å². The van der Waals surface area contributed by atoms with E-state index in [9.17, 15) is 9.59 Å². The van der Waals surface area contributed by atoms with Gasteiger partial charge >= 0.3 is 5.97 Å². The summed E-state index contributed by atoms with van der Waals surface area (Å²) in [5.41, 5.74) is 5.47. The number of carbonyl (C=O) groups is 2. The van der Waals surface area contributed by atoms with Crippen LogP contribution in [0, 0.1) is 5.92 Å². The van der Waals surface area contributed by atoms with E-state index in [0.717, 1.165) is 32.0 Å². The van der Waals surface area contributed by atoms with Gasteiger partial charge in [0.1, 0.15) is 12.4 Å². The van der Waals surface area contributed by atoms with Crippen molar-refractivity contribution < 1.29 is 14.3 Å². The number of esters is 1. The first-order valence-corrected chi connectivity index (χ1v) is 6.09. The molecule has 100 valence electrons. The number of hydrogen-bond acceptors (Lipinski definition) is 4. The lowest BCUT2D eigenvalue weighted by molar-refractivity contribution is -0.151. The van der Waals surface area contributed by atoms with Gasteiger partial charge in [-0.05, 0) is 38.1 Å². The van der Waals surface area contributed by atoms with E-state index < -0.39 is 0 Å². The normalized spacial score (nSPS) is 17.9. The second-order valence-corrected chi connectivity index (χ2v) is 4.46. The summed E-state index contributed by atoms with van der Waals surface area (Å²) >= 11 is 0. The summed E-state index contributed by atoms with van der Waals surface area (Å²) in [6.45, 7) is 0.360. The predicted molar refractivity (Wildman–Crippen MR) is 68.1 cm³/mol. The van der Waals surface area contributed by atoms with Crippen LogP contribution in [0.3, 0.4) is 0 Å². The van der Waals surface area contributed by atoms with Crippen molar-refractivity contribution in [2.45, 2.75) is 51.0 Å². The van der Waals surface area contributed by atoms with E-state index in [1.165, 1.54) is 6.42 Å². The third kappa shape index (κ3) is 6.64. The molecule has 1 atom stereocenters. The monoisotopic (exact) mass is 263 g/mol. The average molecular weight is 264 g/mol. The minimum Gasteiger partial charge on any atom is -0.462 e. The van der Waals surface area contributed by atoms with E-state index in [4.69, 9.17) is 10.5 Å². The SMILES string of the molecule is Cl.NCC(CC=O)CC(=O)OC1CCCCC1. The average Bonchev–Trinajstić information content (AvgIpc) is 2.29. The number of rotatable bonds is 6. The molecule has 0 radical (unpaired) electrons. The predicted octanol–water partition coefficient (Wildman–Crippen LogP) is 1.84. The zero-order valence-corrected chi connectivity index (χ0v) is 10.9. The van der Waals surface area contributed by atoms with Crippen LogP contribution in [0.25, 0.3) is 0 Å². The molecule has 0 spiro atoms. The van der Waals surface area contributed by atoms with Crippen molar-refractivity contribution in [1.29, 1.82) is 0 Å². The molecule has 0 bridgehead atoms. The molecule has 1 saturated carbocycles. The highest BCUT2D eigenvalue weighted by Gasteiger charge is 2.19. The van der Waals surface area contributed by atoms with Gasteiger partial charge in [-0.15, -0.1) is 12.4 Å². The lowest BCUT2D eigenvalue weighted by atomic mass is 9.97. The minimum absolute atomic E-state index is 0. The Balaban J connectivity index is 0.00000256. The van der Waals surface area contributed by atoms with Crippen LogP contribution in [0.2, 0.25) is 0 Å².